The number of carbonyl (C=O) groups excluding carboxylic acids is 1. The van der Waals surface area contributed by atoms with Crippen molar-refractivity contribution >= 4 is 5.78 Å². The summed E-state index contributed by atoms with van der Waals surface area (Å²) in [4.78, 5) is 14.0. The first-order valence-corrected chi connectivity index (χ1v) is 16.5. The monoisotopic (exact) mass is 754 g/mol. The van der Waals surface area contributed by atoms with Gasteiger partial charge in [-0.15, -0.1) is 0 Å². The molecule has 8 unspecified atom stereocenters. The SMILES string of the molecule is COc1ccc(CCC(=O)c2c(O)c(C3OC(CO)C(O)C(O)C3O)c(O)c(C3c4c(O)cc(O)cc4OC(c4ccc(O)c(O)c4)C3O)c2O)cc1O. The van der Waals surface area contributed by atoms with Gasteiger partial charge in [0.25, 0.3) is 0 Å². The van der Waals surface area contributed by atoms with Crippen LogP contribution < -0.4 is 9.47 Å². The Morgan fingerprint density at radius 1 is 0.685 bits per heavy atom. The van der Waals surface area contributed by atoms with Crippen molar-refractivity contribution in [2.24, 2.45) is 0 Å². The fourth-order valence-electron chi connectivity index (χ4n) is 7.05. The number of ketones is 1. The number of phenols is 8. The summed E-state index contributed by atoms with van der Waals surface area (Å²) in [5.74, 6) is -8.96. The van der Waals surface area contributed by atoms with Gasteiger partial charge in [0.15, 0.2) is 34.9 Å². The number of aromatic hydroxyl groups is 8. The molecule has 0 aromatic heterocycles. The van der Waals surface area contributed by atoms with Gasteiger partial charge in [0, 0.05) is 29.7 Å². The maximum absolute atomic E-state index is 14.0. The maximum Gasteiger partial charge on any atom is 0.170 e. The quantitative estimate of drug-likeness (QED) is 0.0846. The first kappa shape index (κ1) is 38.0. The van der Waals surface area contributed by atoms with E-state index in [4.69, 9.17) is 14.2 Å². The molecule has 4 aromatic carbocycles. The van der Waals surface area contributed by atoms with Gasteiger partial charge >= 0.3 is 0 Å². The van der Waals surface area contributed by atoms with E-state index in [9.17, 15) is 71.2 Å². The molecule has 17 nitrogen and oxygen atoms in total. The first-order valence-electron chi connectivity index (χ1n) is 16.5. The third-order valence-electron chi connectivity index (χ3n) is 9.79. The number of rotatable bonds is 9. The van der Waals surface area contributed by atoms with Crippen LogP contribution in [0.2, 0.25) is 0 Å². The zero-order valence-corrected chi connectivity index (χ0v) is 28.3. The van der Waals surface area contributed by atoms with Crippen molar-refractivity contribution in [2.45, 2.75) is 61.5 Å². The summed E-state index contributed by atoms with van der Waals surface area (Å²) in [5, 5.41) is 141. The lowest BCUT2D eigenvalue weighted by molar-refractivity contribution is -0.232. The van der Waals surface area contributed by atoms with E-state index in [1.807, 2.05) is 0 Å². The number of aryl methyl sites for hydroxylation is 1. The summed E-state index contributed by atoms with van der Waals surface area (Å²) in [6.45, 7) is -0.918. The zero-order chi connectivity index (χ0) is 39.3. The largest absolute Gasteiger partial charge is 0.508 e. The minimum absolute atomic E-state index is 0.0160. The molecule has 6 rings (SSSR count). The smallest absolute Gasteiger partial charge is 0.170 e. The summed E-state index contributed by atoms with van der Waals surface area (Å²) in [6, 6.07) is 9.58. The van der Waals surface area contributed by atoms with Crippen LogP contribution in [0, 0.1) is 0 Å². The standard InChI is InChI=1S/C37H38O17/c1-52-21-7-3-13(8-19(21)43)2-5-17(41)25-30(46)27(32(48)28(31(25)47)37-35(51)34(50)29(45)23(12-38)54-37)26-24-20(44)10-15(39)11-22(24)53-36(33(26)49)14-4-6-16(40)18(42)9-14/h3-4,6-11,23,26,29,33-40,42-51H,2,5,12H2,1H3. The number of benzene rings is 4. The van der Waals surface area contributed by atoms with E-state index in [1.165, 1.54) is 25.3 Å². The van der Waals surface area contributed by atoms with Crippen molar-refractivity contribution in [1.82, 2.24) is 0 Å². The Morgan fingerprint density at radius 3 is 2.04 bits per heavy atom. The molecule has 0 saturated carbocycles. The molecule has 0 aliphatic carbocycles. The molecule has 0 amide bonds. The van der Waals surface area contributed by atoms with Crippen molar-refractivity contribution in [3.8, 4) is 57.5 Å². The number of aliphatic hydroxyl groups is 5. The van der Waals surface area contributed by atoms with Crippen molar-refractivity contribution in [3.05, 3.63) is 81.9 Å². The molecule has 13 N–H and O–H groups in total. The second-order valence-corrected chi connectivity index (χ2v) is 13.1. The fraction of sp³-hybridized carbons (Fsp3) is 0.324. The van der Waals surface area contributed by atoms with Crippen LogP contribution in [-0.2, 0) is 11.2 Å². The lowest BCUT2D eigenvalue weighted by atomic mass is 9.76. The normalized spacial score (nSPS) is 25.1. The highest BCUT2D eigenvalue weighted by Gasteiger charge is 2.50. The Kier molecular flexibility index (Phi) is 10.3. The van der Waals surface area contributed by atoms with E-state index < -0.39 is 124 Å². The molecular formula is C37H38O17. The molecule has 0 spiro atoms. The molecule has 17 heteroatoms. The number of ether oxygens (including phenoxy) is 3. The molecular weight excluding hydrogens is 716 g/mol. The molecule has 1 fully saturated rings. The number of phenolic OH excluding ortho intramolecular Hbond substituents is 8. The van der Waals surface area contributed by atoms with Gasteiger partial charge in [-0.05, 0) is 41.8 Å². The number of methoxy groups -OCH3 is 1. The maximum atomic E-state index is 14.0. The van der Waals surface area contributed by atoms with Crippen LogP contribution in [0.1, 0.15) is 62.7 Å². The first-order chi connectivity index (χ1) is 25.6. The Morgan fingerprint density at radius 2 is 1.39 bits per heavy atom. The van der Waals surface area contributed by atoms with Crippen molar-refractivity contribution < 1.29 is 85.4 Å². The highest BCUT2D eigenvalue weighted by atomic mass is 16.5. The molecule has 0 radical (unpaired) electrons. The van der Waals surface area contributed by atoms with E-state index in [2.05, 4.69) is 0 Å². The Labute approximate surface area is 305 Å². The van der Waals surface area contributed by atoms with Crippen LogP contribution in [0.15, 0.2) is 48.5 Å². The van der Waals surface area contributed by atoms with Gasteiger partial charge < -0.3 is 80.6 Å². The number of aliphatic hydroxyl groups excluding tert-OH is 5. The van der Waals surface area contributed by atoms with Gasteiger partial charge in [-0.25, -0.2) is 0 Å². The lowest BCUT2D eigenvalue weighted by Gasteiger charge is -2.41. The van der Waals surface area contributed by atoms with Crippen molar-refractivity contribution in [2.75, 3.05) is 13.7 Å². The van der Waals surface area contributed by atoms with E-state index in [0.717, 1.165) is 24.3 Å². The van der Waals surface area contributed by atoms with Crippen LogP contribution in [0.25, 0.3) is 0 Å². The van der Waals surface area contributed by atoms with E-state index in [1.54, 1.807) is 6.07 Å². The summed E-state index contributed by atoms with van der Waals surface area (Å²) >= 11 is 0. The van der Waals surface area contributed by atoms with Crippen molar-refractivity contribution in [1.29, 1.82) is 0 Å². The second kappa shape index (κ2) is 14.6. The molecule has 54 heavy (non-hydrogen) atoms. The summed E-state index contributed by atoms with van der Waals surface area (Å²) in [7, 11) is 1.34. The molecule has 2 aliphatic heterocycles. The predicted molar refractivity (Wildman–Crippen MR) is 182 cm³/mol. The van der Waals surface area contributed by atoms with Crippen LogP contribution in [0.5, 0.6) is 57.5 Å². The van der Waals surface area contributed by atoms with E-state index >= 15 is 0 Å². The van der Waals surface area contributed by atoms with Crippen molar-refractivity contribution in [3.63, 3.8) is 0 Å². The van der Waals surface area contributed by atoms with Crippen LogP contribution >= 0.6 is 0 Å². The van der Waals surface area contributed by atoms with Crippen LogP contribution in [0.3, 0.4) is 0 Å². The topological polar surface area (TPSA) is 308 Å². The molecule has 4 aromatic rings. The summed E-state index contributed by atoms with van der Waals surface area (Å²) in [6.07, 6.45) is -13.7. The number of Topliss-reactive ketones (excluding diaryl/α,β-unsaturated/α-hetero) is 1. The predicted octanol–water partition coefficient (Wildman–Crippen LogP) is 1.30. The Bertz CT molecular complexity index is 2080. The average Bonchev–Trinajstić information content (AvgIpc) is 3.12. The van der Waals surface area contributed by atoms with Crippen LogP contribution in [-0.4, -0.2) is 116 Å². The number of carbonyl (C=O) groups is 1. The molecule has 2 aliphatic rings. The third-order valence-corrected chi connectivity index (χ3v) is 9.79. The second-order valence-electron chi connectivity index (χ2n) is 13.1. The van der Waals surface area contributed by atoms with Gasteiger partial charge in [-0.3, -0.25) is 4.79 Å². The van der Waals surface area contributed by atoms with Gasteiger partial charge in [0.2, 0.25) is 0 Å². The molecule has 0 bridgehead atoms. The third kappa shape index (κ3) is 6.46. The van der Waals surface area contributed by atoms with Gasteiger partial charge in [0.05, 0.1) is 25.2 Å². The number of hydrogen-bond acceptors (Lipinski definition) is 17. The van der Waals surface area contributed by atoms with E-state index in [0.29, 0.717) is 5.56 Å². The summed E-state index contributed by atoms with van der Waals surface area (Å²) in [5.41, 5.74) is -2.33. The fourth-order valence-corrected chi connectivity index (χ4v) is 7.05. The number of hydrogen-bond donors (Lipinski definition) is 13. The highest BCUT2D eigenvalue weighted by Crippen LogP contribution is 2.58. The van der Waals surface area contributed by atoms with Gasteiger partial charge in [-0.2, -0.15) is 0 Å². The van der Waals surface area contributed by atoms with Crippen LogP contribution in [0.4, 0.5) is 0 Å². The minimum atomic E-state index is -2.13. The number of fused-ring (bicyclic) bond motifs is 1. The minimum Gasteiger partial charge on any atom is -0.508 e. The van der Waals surface area contributed by atoms with Gasteiger partial charge in [-0.1, -0.05) is 12.1 Å². The zero-order valence-electron chi connectivity index (χ0n) is 28.3. The Balaban J connectivity index is 1.58. The molecule has 1 saturated heterocycles. The molecule has 2 heterocycles. The average molecular weight is 755 g/mol. The lowest BCUT2D eigenvalue weighted by Crippen LogP contribution is -2.55. The molecule has 8 atom stereocenters. The summed E-state index contributed by atoms with van der Waals surface area (Å²) < 4.78 is 16.6. The Hall–Kier alpha value is -5.69. The van der Waals surface area contributed by atoms with Gasteiger partial charge in [0.1, 0.15) is 76.7 Å². The van der Waals surface area contributed by atoms with E-state index in [-0.39, 0.29) is 34.8 Å². The molecule has 288 valence electrons. The highest BCUT2D eigenvalue weighted by molar-refractivity contribution is 6.03.